The number of rotatable bonds is 4. The van der Waals surface area contributed by atoms with Gasteiger partial charge in [-0.3, -0.25) is 0 Å². The van der Waals surface area contributed by atoms with Crippen molar-refractivity contribution in [2.75, 3.05) is 0 Å². The van der Waals surface area contributed by atoms with Gasteiger partial charge in [-0.05, 0) is 103 Å². The fraction of sp³-hybridized carbons (Fsp3) is 0.0167. The van der Waals surface area contributed by atoms with Crippen LogP contribution in [0.1, 0.15) is 38.9 Å². The summed E-state index contributed by atoms with van der Waals surface area (Å²) in [6, 6.07) is 77.6. The minimum atomic E-state index is -0.525. The van der Waals surface area contributed by atoms with E-state index < -0.39 is 5.41 Å². The first-order valence-electron chi connectivity index (χ1n) is 21.5. The average molecular weight is 817 g/mol. The summed E-state index contributed by atoms with van der Waals surface area (Å²) in [6.07, 6.45) is 1.96. The second-order valence-electron chi connectivity index (χ2n) is 16.5. The molecule has 9 aromatic carbocycles. The molecule has 3 heteroatoms. The van der Waals surface area contributed by atoms with Gasteiger partial charge in [-0.2, -0.15) is 0 Å². The number of aliphatic imine (C=N–C) groups is 2. The summed E-state index contributed by atoms with van der Waals surface area (Å²) in [5, 5.41) is 2.43. The van der Waals surface area contributed by atoms with Crippen molar-refractivity contribution in [1.29, 1.82) is 0 Å². The highest BCUT2D eigenvalue weighted by Gasteiger charge is 2.49. The Balaban J connectivity index is 0.993. The third kappa shape index (κ3) is 5.44. The van der Waals surface area contributed by atoms with Crippen LogP contribution in [0.3, 0.4) is 0 Å². The minimum Gasteiger partial charge on any atom is -0.227 e. The van der Waals surface area contributed by atoms with Gasteiger partial charge in [-0.1, -0.05) is 182 Å². The Kier molecular flexibility index (Phi) is 7.98. The van der Waals surface area contributed by atoms with E-state index in [0.717, 1.165) is 28.1 Å². The lowest BCUT2D eigenvalue weighted by Gasteiger charge is -2.35. The first-order chi connectivity index (χ1) is 31.2. The van der Waals surface area contributed by atoms with Gasteiger partial charge in [0, 0.05) is 42.9 Å². The molecular formula is C60H36N2S. The van der Waals surface area contributed by atoms with Gasteiger partial charge < -0.3 is 0 Å². The number of thiophene rings is 1. The van der Waals surface area contributed by atoms with E-state index in [9.17, 15) is 0 Å². The molecule has 1 spiro atoms. The SMILES string of the molecule is C1=CC(c2ccccc2)=NC(c2ccc3sc4ccc(-c5ccc6c(c5)C5(c7ccccc7-c7ccccc7-c7ccccc75)c5ccccc5-6)cc4c3c2)=NC=1c1ccccc1. The van der Waals surface area contributed by atoms with E-state index in [4.69, 9.17) is 9.98 Å². The van der Waals surface area contributed by atoms with Crippen molar-refractivity contribution in [1.82, 2.24) is 0 Å². The average Bonchev–Trinajstić information content (AvgIpc) is 3.72. The van der Waals surface area contributed by atoms with E-state index in [-0.39, 0.29) is 0 Å². The van der Waals surface area contributed by atoms with Crippen LogP contribution in [-0.4, -0.2) is 11.5 Å². The van der Waals surface area contributed by atoms with Crippen LogP contribution in [0.2, 0.25) is 0 Å². The molecule has 0 unspecified atom stereocenters. The van der Waals surface area contributed by atoms with Crippen LogP contribution in [0.5, 0.6) is 0 Å². The van der Waals surface area contributed by atoms with E-state index in [1.54, 1.807) is 0 Å². The quantitative estimate of drug-likeness (QED) is 0.158. The molecule has 13 rings (SSSR count). The van der Waals surface area contributed by atoms with E-state index in [2.05, 4.69) is 182 Å². The van der Waals surface area contributed by atoms with E-state index in [0.29, 0.717) is 5.84 Å². The first kappa shape index (κ1) is 35.8. The molecule has 0 amide bonds. The molecule has 0 N–H and O–H groups in total. The summed E-state index contributed by atoms with van der Waals surface area (Å²) in [7, 11) is 0. The fourth-order valence-electron chi connectivity index (χ4n) is 10.4. The molecule has 0 atom stereocenters. The lowest BCUT2D eigenvalue weighted by atomic mass is 9.65. The third-order valence-electron chi connectivity index (χ3n) is 13.2. The van der Waals surface area contributed by atoms with Crippen molar-refractivity contribution < 1.29 is 0 Å². The molecule has 3 aliphatic rings. The molecule has 0 radical (unpaired) electrons. The number of nitrogens with zero attached hydrogens (tertiary/aromatic N) is 2. The van der Waals surface area contributed by atoms with Crippen LogP contribution in [0.25, 0.3) is 70.4 Å². The zero-order chi connectivity index (χ0) is 41.5. The maximum Gasteiger partial charge on any atom is 0.161 e. The summed E-state index contributed by atoms with van der Waals surface area (Å²) >= 11 is 1.83. The summed E-state index contributed by atoms with van der Waals surface area (Å²) in [4.78, 5) is 10.4. The van der Waals surface area contributed by atoms with Gasteiger partial charge in [-0.25, -0.2) is 9.98 Å². The van der Waals surface area contributed by atoms with E-state index in [1.807, 2.05) is 53.8 Å². The maximum atomic E-state index is 5.20. The highest BCUT2D eigenvalue weighted by molar-refractivity contribution is 7.25. The second-order valence-corrected chi connectivity index (χ2v) is 17.6. The Hall–Kier alpha value is -7.94. The van der Waals surface area contributed by atoms with Gasteiger partial charge in [0.05, 0.1) is 11.1 Å². The number of hydrogen-bond donors (Lipinski definition) is 0. The van der Waals surface area contributed by atoms with Crippen LogP contribution < -0.4 is 0 Å². The monoisotopic (exact) mass is 816 g/mol. The lowest BCUT2D eigenvalue weighted by Crippen LogP contribution is -2.29. The summed E-state index contributed by atoms with van der Waals surface area (Å²) in [5.74, 6) is 0.668. The smallest absolute Gasteiger partial charge is 0.161 e. The lowest BCUT2D eigenvalue weighted by molar-refractivity contribution is 0.775. The van der Waals surface area contributed by atoms with Gasteiger partial charge in [0.2, 0.25) is 0 Å². The molecule has 0 saturated heterocycles. The van der Waals surface area contributed by atoms with Gasteiger partial charge in [0.15, 0.2) is 5.84 Å². The van der Waals surface area contributed by atoms with Crippen LogP contribution in [0, 0.1) is 0 Å². The summed E-state index contributed by atoms with van der Waals surface area (Å²) < 4.78 is 2.49. The molecule has 292 valence electrons. The minimum absolute atomic E-state index is 0.525. The van der Waals surface area contributed by atoms with Crippen molar-refractivity contribution in [2.24, 2.45) is 9.98 Å². The van der Waals surface area contributed by atoms with Crippen molar-refractivity contribution in [3.8, 4) is 44.5 Å². The van der Waals surface area contributed by atoms with Gasteiger partial charge in [0.1, 0.15) is 5.70 Å². The first-order valence-corrected chi connectivity index (χ1v) is 22.3. The van der Waals surface area contributed by atoms with Crippen LogP contribution in [0.15, 0.2) is 234 Å². The molecule has 0 saturated carbocycles. The zero-order valence-corrected chi connectivity index (χ0v) is 34.9. The predicted molar refractivity (Wildman–Crippen MR) is 264 cm³/mol. The van der Waals surface area contributed by atoms with Gasteiger partial charge >= 0.3 is 0 Å². The number of fused-ring (bicyclic) bond motifs is 15. The fourth-order valence-corrected chi connectivity index (χ4v) is 11.5. The molecule has 10 aromatic rings. The second kappa shape index (κ2) is 14.1. The molecule has 2 nitrogen and oxygen atoms in total. The summed E-state index contributed by atoms with van der Waals surface area (Å²) in [5.41, 5.74) is 22.9. The van der Waals surface area contributed by atoms with Crippen molar-refractivity contribution in [3.63, 3.8) is 0 Å². The van der Waals surface area contributed by atoms with Crippen molar-refractivity contribution in [3.05, 3.63) is 263 Å². The van der Waals surface area contributed by atoms with Crippen molar-refractivity contribution >= 4 is 48.8 Å². The highest BCUT2D eigenvalue weighted by Crippen LogP contribution is 2.61. The molecule has 2 aliphatic carbocycles. The maximum absolute atomic E-state index is 5.20. The highest BCUT2D eigenvalue weighted by atomic mass is 32.1. The normalized spacial score (nSPS) is 14.1. The number of benzene rings is 9. The molecular weight excluding hydrogens is 781 g/mol. The van der Waals surface area contributed by atoms with Gasteiger partial charge in [-0.15, -0.1) is 11.3 Å². The molecule has 0 fully saturated rings. The largest absolute Gasteiger partial charge is 0.227 e. The summed E-state index contributed by atoms with van der Waals surface area (Å²) in [6.45, 7) is 0. The topological polar surface area (TPSA) is 24.7 Å². The number of hydrogen-bond acceptors (Lipinski definition) is 3. The molecule has 1 aromatic heterocycles. The Labute approximate surface area is 369 Å². The molecule has 1 aliphatic heterocycles. The van der Waals surface area contributed by atoms with E-state index >= 15 is 0 Å². The van der Waals surface area contributed by atoms with Crippen LogP contribution >= 0.6 is 11.3 Å². The number of allylic oxidation sites excluding steroid dienone is 1. The molecule has 0 bridgehead atoms. The standard InChI is InChI=1S/C60H36N2S/c1-3-15-38(16-4-1)55-31-32-56(39-17-5-2-6-18-39)62-59(61-55)42-29-34-58-50(36-42)49-35-40(28-33-57(49)63-58)41-27-30-48-47-23-11-14-26-53(47)60(54(48)37-41)51-24-12-9-21-45(51)43-19-7-8-20-44(43)46-22-10-13-25-52(46)60/h1-31,33-37H. The zero-order valence-electron chi connectivity index (χ0n) is 34.1. The third-order valence-corrected chi connectivity index (χ3v) is 14.3. The van der Waals surface area contributed by atoms with Crippen molar-refractivity contribution in [2.45, 2.75) is 5.41 Å². The van der Waals surface area contributed by atoms with Crippen LogP contribution in [-0.2, 0) is 5.41 Å². The number of amidine groups is 1. The Morgan fingerprint density at radius 3 is 1.43 bits per heavy atom. The van der Waals surface area contributed by atoms with E-state index in [1.165, 1.54) is 86.9 Å². The van der Waals surface area contributed by atoms with Gasteiger partial charge in [0.25, 0.3) is 0 Å². The molecule has 63 heavy (non-hydrogen) atoms. The Morgan fingerprint density at radius 2 is 0.810 bits per heavy atom. The predicted octanol–water partition coefficient (Wildman–Crippen LogP) is 15.2. The van der Waals surface area contributed by atoms with Crippen LogP contribution in [0.4, 0.5) is 0 Å². The molecule has 2 heterocycles. The Bertz CT molecular complexity index is 3590. The Morgan fingerprint density at radius 1 is 0.349 bits per heavy atom.